The second-order valence-corrected chi connectivity index (χ2v) is 6.63. The van der Waals surface area contributed by atoms with Gasteiger partial charge in [-0.1, -0.05) is 6.07 Å². The molecule has 7 heteroatoms. The van der Waals surface area contributed by atoms with Gasteiger partial charge in [0.25, 0.3) is 0 Å². The molecule has 3 rings (SSSR count). The van der Waals surface area contributed by atoms with E-state index < -0.39 is 0 Å². The van der Waals surface area contributed by atoms with Crippen molar-refractivity contribution in [1.29, 1.82) is 0 Å². The highest BCUT2D eigenvalue weighted by Gasteiger charge is 2.19. The second-order valence-electron chi connectivity index (χ2n) is 6.63. The van der Waals surface area contributed by atoms with E-state index in [1.54, 1.807) is 0 Å². The number of halogens is 2. The molecule has 0 saturated heterocycles. The van der Waals surface area contributed by atoms with Crippen LogP contribution in [0.4, 0.5) is 0 Å². The Kier molecular flexibility index (Phi) is 11.4. The zero-order chi connectivity index (χ0) is 20.6. The monoisotopic (exact) mass is 469 g/mol. The van der Waals surface area contributed by atoms with Crippen molar-refractivity contribution in [2.75, 3.05) is 33.0 Å². The number of benzene rings is 2. The van der Waals surface area contributed by atoms with E-state index >= 15 is 0 Å². The maximum Gasteiger partial charge on any atom is 0.161 e. The number of nitrogens with one attached hydrogen (secondary N) is 1. The number of ether oxygens (including phenoxy) is 4. The summed E-state index contributed by atoms with van der Waals surface area (Å²) in [5, 5.41) is 3.53. The van der Waals surface area contributed by atoms with Crippen LogP contribution in [0.3, 0.4) is 0 Å². The summed E-state index contributed by atoms with van der Waals surface area (Å²) in [7, 11) is 0. The van der Waals surface area contributed by atoms with Crippen molar-refractivity contribution in [3.8, 4) is 23.0 Å². The second kappa shape index (κ2) is 13.2. The Morgan fingerprint density at radius 1 is 0.742 bits per heavy atom. The Bertz CT molecular complexity index is 871. The molecule has 0 fully saturated rings. The maximum absolute atomic E-state index is 5.83. The first-order chi connectivity index (χ1) is 14.2. The van der Waals surface area contributed by atoms with Crippen LogP contribution in [0, 0.1) is 0 Å². The van der Waals surface area contributed by atoms with Crippen molar-refractivity contribution in [2.45, 2.75) is 34.1 Å². The Morgan fingerprint density at radius 3 is 1.90 bits per heavy atom. The molecule has 0 unspecified atom stereocenters. The summed E-state index contributed by atoms with van der Waals surface area (Å²) in [6, 6.07) is 10.2. The Morgan fingerprint density at radius 2 is 1.29 bits per heavy atom. The number of fused-ring (bicyclic) bond motifs is 1. The minimum absolute atomic E-state index is 0. The maximum atomic E-state index is 5.83. The third-order valence-electron chi connectivity index (χ3n) is 4.65. The molecule has 0 atom stereocenters. The lowest BCUT2D eigenvalue weighted by Gasteiger charge is -2.24. The van der Waals surface area contributed by atoms with Crippen molar-refractivity contribution in [2.24, 2.45) is 0 Å². The topological polar surface area (TPSA) is 49.0 Å². The molecule has 1 aliphatic heterocycles. The average Bonchev–Trinajstić information content (AvgIpc) is 2.71. The summed E-state index contributed by atoms with van der Waals surface area (Å²) in [5.74, 6) is 3.13. The van der Waals surface area contributed by atoms with Crippen LogP contribution in [0.5, 0.6) is 23.0 Å². The molecule has 0 aromatic heterocycles. The van der Waals surface area contributed by atoms with E-state index in [2.05, 4.69) is 29.6 Å². The lowest BCUT2D eigenvalue weighted by Crippen LogP contribution is -2.22. The van der Waals surface area contributed by atoms with Crippen LogP contribution in [-0.4, -0.2) is 33.0 Å². The van der Waals surface area contributed by atoms with E-state index in [1.807, 2.05) is 39.8 Å². The van der Waals surface area contributed by atoms with E-state index in [0.717, 1.165) is 52.8 Å². The zero-order valence-corrected chi connectivity index (χ0v) is 20.3. The van der Waals surface area contributed by atoms with Crippen molar-refractivity contribution in [3.05, 3.63) is 47.0 Å². The largest absolute Gasteiger partial charge is 0.490 e. The lowest BCUT2D eigenvalue weighted by molar-refractivity contribution is 0.287. The van der Waals surface area contributed by atoms with Gasteiger partial charge in [0.15, 0.2) is 23.0 Å². The third kappa shape index (κ3) is 6.62. The molecule has 5 nitrogen and oxygen atoms in total. The summed E-state index contributed by atoms with van der Waals surface area (Å²) < 4.78 is 23.1. The first kappa shape index (κ1) is 26.8. The van der Waals surface area contributed by atoms with Gasteiger partial charge in [0.1, 0.15) is 0 Å². The number of hydrogen-bond donors (Lipinski definition) is 1. The molecule has 172 valence electrons. The molecule has 0 saturated carbocycles. The van der Waals surface area contributed by atoms with Gasteiger partial charge < -0.3 is 24.3 Å². The van der Waals surface area contributed by atoms with E-state index in [1.165, 1.54) is 5.56 Å². The van der Waals surface area contributed by atoms with Gasteiger partial charge in [-0.05, 0) is 75.6 Å². The van der Waals surface area contributed by atoms with Crippen LogP contribution in [0.25, 0.3) is 11.8 Å². The molecule has 0 bridgehead atoms. The fraction of sp³-hybridized carbons (Fsp3) is 0.417. The van der Waals surface area contributed by atoms with E-state index in [9.17, 15) is 0 Å². The predicted molar refractivity (Wildman–Crippen MR) is 132 cm³/mol. The summed E-state index contributed by atoms with van der Waals surface area (Å²) >= 11 is 0. The minimum Gasteiger partial charge on any atom is -0.490 e. The summed E-state index contributed by atoms with van der Waals surface area (Å²) in [4.78, 5) is 0. The van der Waals surface area contributed by atoms with Crippen molar-refractivity contribution >= 4 is 36.6 Å². The highest BCUT2D eigenvalue weighted by atomic mass is 35.5. The first-order valence-electron chi connectivity index (χ1n) is 10.5. The molecule has 2 aromatic carbocycles. The molecular formula is C24H33Cl2NO4. The average molecular weight is 470 g/mol. The zero-order valence-electron chi connectivity index (χ0n) is 18.7. The Hall–Kier alpha value is -2.24. The molecule has 2 aromatic rings. The standard InChI is InChI=1S/C24H31NO4.2ClH/c1-5-26-21-10-9-17(14-22(21)27-6-2)13-20-19-16-24(29-8-4)23(28-7-3)15-18(19)11-12-25-20;;/h9-10,13-16,25H,5-8,11-12H2,1-4H3;2*1H/b20-13-;;. The van der Waals surface area contributed by atoms with Crippen molar-refractivity contribution < 1.29 is 18.9 Å². The molecule has 0 spiro atoms. The SMILES string of the molecule is CCOc1ccc(/C=C2\NCCc3cc(OCC)c(OCC)cc32)cc1OCC.Cl.Cl. The van der Waals surface area contributed by atoms with Crippen LogP contribution < -0.4 is 24.3 Å². The van der Waals surface area contributed by atoms with Crippen molar-refractivity contribution in [3.63, 3.8) is 0 Å². The third-order valence-corrected chi connectivity index (χ3v) is 4.65. The number of hydrogen-bond acceptors (Lipinski definition) is 5. The first-order valence-corrected chi connectivity index (χ1v) is 10.5. The van der Waals surface area contributed by atoms with Crippen LogP contribution in [0.1, 0.15) is 44.4 Å². The quantitative estimate of drug-likeness (QED) is 0.504. The summed E-state index contributed by atoms with van der Waals surface area (Å²) in [6.45, 7) is 11.2. The van der Waals surface area contributed by atoms with Gasteiger partial charge in [0.05, 0.1) is 26.4 Å². The molecule has 31 heavy (non-hydrogen) atoms. The highest BCUT2D eigenvalue weighted by Crippen LogP contribution is 2.36. The van der Waals surface area contributed by atoms with E-state index in [-0.39, 0.29) is 24.8 Å². The fourth-order valence-corrected chi connectivity index (χ4v) is 3.48. The molecular weight excluding hydrogens is 437 g/mol. The van der Waals surface area contributed by atoms with E-state index in [0.29, 0.717) is 26.4 Å². The molecule has 1 aliphatic rings. The minimum atomic E-state index is 0. The van der Waals surface area contributed by atoms with Gasteiger partial charge in [-0.15, -0.1) is 24.8 Å². The van der Waals surface area contributed by atoms with Gasteiger partial charge >= 0.3 is 0 Å². The van der Waals surface area contributed by atoms with Crippen LogP contribution in [0.15, 0.2) is 30.3 Å². The van der Waals surface area contributed by atoms with Gasteiger partial charge in [0, 0.05) is 17.8 Å². The van der Waals surface area contributed by atoms with Gasteiger partial charge in [-0.25, -0.2) is 0 Å². The van der Waals surface area contributed by atoms with Gasteiger partial charge in [-0.2, -0.15) is 0 Å². The highest BCUT2D eigenvalue weighted by molar-refractivity contribution is 5.86. The summed E-state index contributed by atoms with van der Waals surface area (Å²) in [6.07, 6.45) is 3.10. The van der Waals surface area contributed by atoms with Gasteiger partial charge in [-0.3, -0.25) is 0 Å². The van der Waals surface area contributed by atoms with Crippen molar-refractivity contribution in [1.82, 2.24) is 5.32 Å². The fourth-order valence-electron chi connectivity index (χ4n) is 3.48. The normalized spacial score (nSPS) is 13.2. The Labute approximate surface area is 197 Å². The predicted octanol–water partition coefficient (Wildman–Crippen LogP) is 5.77. The molecule has 0 aliphatic carbocycles. The molecule has 0 radical (unpaired) electrons. The lowest BCUT2D eigenvalue weighted by atomic mass is 9.96. The molecule has 0 amide bonds. The smallest absolute Gasteiger partial charge is 0.161 e. The summed E-state index contributed by atoms with van der Waals surface area (Å²) in [5.41, 5.74) is 4.54. The van der Waals surface area contributed by atoms with Gasteiger partial charge in [0.2, 0.25) is 0 Å². The van der Waals surface area contributed by atoms with Crippen LogP contribution >= 0.6 is 24.8 Å². The number of rotatable bonds is 9. The molecule has 1 N–H and O–H groups in total. The van der Waals surface area contributed by atoms with Crippen LogP contribution in [-0.2, 0) is 6.42 Å². The van der Waals surface area contributed by atoms with Crippen LogP contribution in [0.2, 0.25) is 0 Å². The molecule has 1 heterocycles. The Balaban J connectivity index is 0.00000240. The van der Waals surface area contributed by atoms with E-state index in [4.69, 9.17) is 18.9 Å².